The molecule has 4 unspecified atom stereocenters. The number of benzene rings is 3. The molecule has 0 spiro atoms. The first kappa shape index (κ1) is 122. The number of allylic oxidation sites excluding steroid dienone is 8. The molecule has 3 aromatic rings. The zero-order valence-electron chi connectivity index (χ0n) is 55.5. The topological polar surface area (TPSA) is 20.2 Å². The number of fused-ring (bicyclic) bond motifs is 2. The van der Waals surface area contributed by atoms with Crippen molar-refractivity contribution >= 4 is 0 Å². The van der Waals surface area contributed by atoms with E-state index in [9.17, 15) is 0 Å². The Morgan fingerprint density at radius 3 is 0.519 bits per heavy atom. The molecular weight excluding hydrogens is 1250 g/mol. The van der Waals surface area contributed by atoms with Crippen molar-refractivity contribution in [3.05, 3.63) is 266 Å². The smallest absolute Gasteiger partial charge is 0.391 e. The van der Waals surface area contributed by atoms with Gasteiger partial charge >= 0.3 is 100 Å². The third-order valence-electron chi connectivity index (χ3n) is 12.4. The van der Waals surface area contributed by atoms with Gasteiger partial charge in [0.25, 0.3) is 0 Å². The molecule has 1 N–H and O–H groups in total. The molecule has 1 radical (unpaired) electrons. The number of rotatable bonds is 0. The predicted molar refractivity (Wildman–Crippen MR) is 369 cm³/mol. The first-order valence-electron chi connectivity index (χ1n) is 26.1. The first-order chi connectivity index (χ1) is 31.1. The van der Waals surface area contributed by atoms with E-state index in [1.807, 2.05) is 91.0 Å². The van der Waals surface area contributed by atoms with Gasteiger partial charge in [-0.05, 0) is 70.1 Å². The Bertz CT molecular complexity index is 1330. The van der Waals surface area contributed by atoms with Crippen LogP contribution >= 0.6 is 0 Å². The van der Waals surface area contributed by atoms with E-state index in [2.05, 4.69) is 69.4 Å². The van der Waals surface area contributed by atoms with E-state index in [1.54, 1.807) is 20.8 Å². The van der Waals surface area contributed by atoms with Crippen molar-refractivity contribution in [3.63, 3.8) is 0 Å². The van der Waals surface area contributed by atoms with Gasteiger partial charge in [-0.15, -0.1) is 36.4 Å². The summed E-state index contributed by atoms with van der Waals surface area (Å²) in [7, 11) is 0. The standard InChI is InChI=1S/2C9H12.3C7H7.4C5H10.C4H10O.CH4.12CH3.Ti.3Zr/c2*1-2-5-9-7-3-6-8(9)4-1;3*1-7-5-3-2-4-6-7;4*1-2-4-5-3-1;1-4(2,3)5;;;;;;;;;;;;;;;;;/h2*1-2,4-5,8-9H,3,6-7H2;3*2-6H,1H2;4*1-5H2;5H,1-3H3;1H4;12*1H3;;;;/q;;3*-1;;;;;;;12*-1;+3;3*+4. The average molecular weight is 1390 g/mol. The van der Waals surface area contributed by atoms with Crippen LogP contribution in [0.4, 0.5) is 0 Å². The fraction of sp³-hybridized carbons (Fsp3) is 0.461. The van der Waals surface area contributed by atoms with Gasteiger partial charge in [0, 0.05) is 0 Å². The summed E-state index contributed by atoms with van der Waals surface area (Å²) in [5.74, 6) is 3.59. The first-order valence-corrected chi connectivity index (χ1v) is 26.1. The van der Waals surface area contributed by atoms with Gasteiger partial charge in [-0.25, -0.2) is 0 Å². The van der Waals surface area contributed by atoms with E-state index in [4.69, 9.17) is 5.11 Å². The van der Waals surface area contributed by atoms with E-state index in [1.165, 1.54) is 167 Å². The van der Waals surface area contributed by atoms with Crippen LogP contribution in [0.25, 0.3) is 0 Å². The number of hydrogen-bond donors (Lipinski definition) is 1. The van der Waals surface area contributed by atoms with Crippen molar-refractivity contribution in [1.29, 1.82) is 0 Å². The summed E-state index contributed by atoms with van der Waals surface area (Å²) in [4.78, 5) is 0. The van der Waals surface area contributed by atoms with Crippen molar-refractivity contribution < 1.29 is 105 Å². The van der Waals surface area contributed by atoms with Gasteiger partial charge in [0.1, 0.15) is 0 Å². The van der Waals surface area contributed by atoms with Crippen LogP contribution in [0.5, 0.6) is 0 Å². The maximum Gasteiger partial charge on any atom is 4.00 e. The Labute approximate surface area is 590 Å². The molecule has 4 atom stereocenters. The maximum atomic E-state index is 8.52. The maximum absolute atomic E-state index is 8.52. The molecule has 0 heterocycles. The van der Waals surface area contributed by atoms with Crippen LogP contribution in [-0.4, -0.2) is 10.7 Å². The third kappa shape index (κ3) is 79.6. The SMILES string of the molecule is C.C1=CC2CCCC2C=C1.C1=CC2CCCC2C=C1.C1CCCC1.C1CCCC1.C1CCCC1.C1CCCC1.CC(C)(C)O.[CH2-]c1ccccc1.[CH2-]c1ccccc1.[CH2-]c1ccccc1.[CH3-].[CH3-].[CH3-].[CH3-].[CH3-].[CH3-].[CH3-].[CH3-].[CH3-].[CH3-].[CH3-].[CH3-].[Ti+3].[Zr+4].[Zr+4].[Zr+4]. The van der Waals surface area contributed by atoms with Crippen molar-refractivity contribution in [2.75, 3.05) is 0 Å². The van der Waals surface area contributed by atoms with E-state index in [0.29, 0.717) is 0 Å². The molecule has 0 aliphatic heterocycles. The van der Waals surface area contributed by atoms with Crippen LogP contribution < -0.4 is 0 Å². The molecule has 81 heavy (non-hydrogen) atoms. The average Bonchev–Trinajstić information content (AvgIpc) is 4.18. The summed E-state index contributed by atoms with van der Waals surface area (Å²) < 4.78 is 0. The Morgan fingerprint density at radius 1 is 0.296 bits per heavy atom. The minimum absolute atomic E-state index is 0. The van der Waals surface area contributed by atoms with Crippen LogP contribution in [0.15, 0.2) is 140 Å². The minimum atomic E-state index is -0.500. The Kier molecular flexibility index (Phi) is 130. The molecule has 6 saturated carbocycles. The van der Waals surface area contributed by atoms with Gasteiger partial charge in [-0.1, -0.05) is 215 Å². The summed E-state index contributed by atoms with van der Waals surface area (Å²) in [5.41, 5.74) is 2.72. The van der Waals surface area contributed by atoms with Crippen molar-refractivity contribution in [2.45, 2.75) is 201 Å². The quantitative estimate of drug-likeness (QED) is 0.176. The van der Waals surface area contributed by atoms with Gasteiger partial charge < -0.3 is 94.2 Å². The van der Waals surface area contributed by atoms with E-state index in [-0.39, 0.29) is 197 Å². The Morgan fingerprint density at radius 2 is 0.420 bits per heavy atom. The van der Waals surface area contributed by atoms with Gasteiger partial charge in [0.2, 0.25) is 0 Å². The summed E-state index contributed by atoms with van der Waals surface area (Å²) in [6.07, 6.45) is 56.7. The zero-order valence-corrected chi connectivity index (χ0v) is 64.5. The van der Waals surface area contributed by atoms with Crippen molar-refractivity contribution in [3.8, 4) is 0 Å². The second-order valence-electron chi connectivity index (χ2n) is 19.8. The number of hydrogen-bond acceptors (Lipinski definition) is 1. The van der Waals surface area contributed by atoms with Crippen LogP contribution in [-0.2, 0) is 100 Å². The largest absolute Gasteiger partial charge is 4.00 e. The molecule has 1 nitrogen and oxygen atoms in total. The summed E-state index contributed by atoms with van der Waals surface area (Å²) in [5, 5.41) is 8.52. The zero-order chi connectivity index (χ0) is 46.2. The van der Waals surface area contributed by atoms with Crippen LogP contribution in [0.3, 0.4) is 0 Å². The fourth-order valence-corrected chi connectivity index (χ4v) is 8.79. The van der Waals surface area contributed by atoms with Gasteiger partial charge in [0.05, 0.1) is 5.60 Å². The van der Waals surface area contributed by atoms with Crippen LogP contribution in [0.1, 0.15) is 212 Å². The monoisotopic (exact) mass is 1380 g/mol. The molecule has 0 bridgehead atoms. The van der Waals surface area contributed by atoms with E-state index < -0.39 is 5.60 Å². The number of aliphatic hydroxyl groups is 1. The molecule has 461 valence electrons. The second-order valence-corrected chi connectivity index (χ2v) is 19.8. The van der Waals surface area contributed by atoms with Crippen LogP contribution in [0, 0.1) is 134 Å². The molecule has 0 aromatic heterocycles. The summed E-state index contributed by atoms with van der Waals surface area (Å²) in [6, 6.07) is 29.6. The molecule has 8 aliphatic rings. The second kappa shape index (κ2) is 86.0. The minimum Gasteiger partial charge on any atom is -0.391 e. The molecule has 0 saturated heterocycles. The Balaban J connectivity index is -0.0000000407. The molecule has 11 rings (SSSR count). The molecule has 8 aliphatic carbocycles. The third-order valence-corrected chi connectivity index (χ3v) is 12.4. The fourth-order valence-electron chi connectivity index (χ4n) is 8.79. The molecule has 3 aromatic carbocycles. The van der Waals surface area contributed by atoms with Gasteiger partial charge in [-0.2, -0.15) is 73.9 Å². The summed E-state index contributed by atoms with van der Waals surface area (Å²) in [6.45, 7) is 16.4. The Hall–Kier alpha value is -0.446. The molecular formula is C76H135OTiZr3. The van der Waals surface area contributed by atoms with Crippen LogP contribution in [0.2, 0.25) is 0 Å². The van der Waals surface area contributed by atoms with E-state index >= 15 is 0 Å². The van der Waals surface area contributed by atoms with Gasteiger partial charge in [0.15, 0.2) is 0 Å². The van der Waals surface area contributed by atoms with E-state index in [0.717, 1.165) is 40.4 Å². The van der Waals surface area contributed by atoms with Crippen molar-refractivity contribution in [2.24, 2.45) is 23.7 Å². The molecule has 6 fully saturated rings. The normalized spacial score (nSPS) is 17.6. The molecule has 5 heteroatoms. The predicted octanol–water partition coefficient (Wildman–Crippen LogP) is 25.3. The molecule has 0 amide bonds. The van der Waals surface area contributed by atoms with Crippen molar-refractivity contribution in [1.82, 2.24) is 0 Å². The van der Waals surface area contributed by atoms with Gasteiger partial charge in [-0.3, -0.25) is 0 Å². The summed E-state index contributed by atoms with van der Waals surface area (Å²) >= 11 is 0.